The van der Waals surface area contributed by atoms with E-state index in [2.05, 4.69) is 26.1 Å². The normalized spacial score (nSPS) is 11.5. The molecule has 2 rings (SSSR count). The number of aryl methyl sites for hydroxylation is 1. The SMILES string of the molecule is Cc1cccc(CN(C)c2cc(Br)ccc2/C(N)=N/O)n1. The molecule has 6 heteroatoms. The van der Waals surface area contributed by atoms with E-state index in [0.29, 0.717) is 12.1 Å². The van der Waals surface area contributed by atoms with E-state index < -0.39 is 0 Å². The van der Waals surface area contributed by atoms with E-state index >= 15 is 0 Å². The van der Waals surface area contributed by atoms with Crippen molar-refractivity contribution in [1.29, 1.82) is 0 Å². The van der Waals surface area contributed by atoms with Crippen LogP contribution in [0.2, 0.25) is 0 Å². The number of hydrogen-bond donors (Lipinski definition) is 2. The van der Waals surface area contributed by atoms with Gasteiger partial charge in [-0.3, -0.25) is 4.98 Å². The van der Waals surface area contributed by atoms with Gasteiger partial charge in [-0.1, -0.05) is 27.2 Å². The van der Waals surface area contributed by atoms with Gasteiger partial charge in [-0.25, -0.2) is 0 Å². The second-order valence-corrected chi connectivity index (χ2v) is 5.69. The fourth-order valence-corrected chi connectivity index (χ4v) is 2.46. The highest BCUT2D eigenvalue weighted by atomic mass is 79.9. The summed E-state index contributed by atoms with van der Waals surface area (Å²) in [7, 11) is 1.94. The summed E-state index contributed by atoms with van der Waals surface area (Å²) >= 11 is 3.45. The summed E-state index contributed by atoms with van der Waals surface area (Å²) in [6, 6.07) is 11.5. The summed E-state index contributed by atoms with van der Waals surface area (Å²) in [5, 5.41) is 12.0. The van der Waals surface area contributed by atoms with Crippen LogP contribution in [0.5, 0.6) is 0 Å². The molecule has 0 fully saturated rings. The molecule has 0 atom stereocenters. The lowest BCUT2D eigenvalue weighted by Gasteiger charge is -2.22. The zero-order valence-corrected chi connectivity index (χ0v) is 13.5. The zero-order valence-electron chi connectivity index (χ0n) is 11.9. The lowest BCUT2D eigenvalue weighted by molar-refractivity contribution is 0.318. The summed E-state index contributed by atoms with van der Waals surface area (Å²) in [6.07, 6.45) is 0. The number of aromatic nitrogens is 1. The van der Waals surface area contributed by atoms with Crippen LogP contribution in [0.25, 0.3) is 0 Å². The van der Waals surface area contributed by atoms with Crippen molar-refractivity contribution in [3.63, 3.8) is 0 Å². The zero-order chi connectivity index (χ0) is 15.4. The molecule has 1 heterocycles. The van der Waals surface area contributed by atoms with Crippen molar-refractivity contribution in [2.45, 2.75) is 13.5 Å². The molecule has 0 spiro atoms. The molecule has 0 unspecified atom stereocenters. The molecular weight excluding hydrogens is 332 g/mol. The number of nitrogens with two attached hydrogens (primary N) is 1. The van der Waals surface area contributed by atoms with Gasteiger partial charge in [0.05, 0.1) is 12.2 Å². The Balaban J connectivity index is 2.34. The number of halogens is 1. The fourth-order valence-electron chi connectivity index (χ4n) is 2.11. The van der Waals surface area contributed by atoms with Gasteiger partial charge in [-0.2, -0.15) is 0 Å². The maximum absolute atomic E-state index is 8.91. The van der Waals surface area contributed by atoms with Gasteiger partial charge in [0.2, 0.25) is 0 Å². The Bertz CT molecular complexity index is 672. The average molecular weight is 349 g/mol. The van der Waals surface area contributed by atoms with E-state index in [9.17, 15) is 0 Å². The highest BCUT2D eigenvalue weighted by molar-refractivity contribution is 9.10. The van der Waals surface area contributed by atoms with Crippen LogP contribution in [0, 0.1) is 6.92 Å². The number of anilines is 1. The largest absolute Gasteiger partial charge is 0.409 e. The average Bonchev–Trinajstić information content (AvgIpc) is 2.46. The van der Waals surface area contributed by atoms with Crippen LogP contribution in [0.15, 0.2) is 46.0 Å². The van der Waals surface area contributed by atoms with Crippen molar-refractivity contribution in [3.05, 3.63) is 57.8 Å². The lowest BCUT2D eigenvalue weighted by Crippen LogP contribution is -2.23. The first-order valence-corrected chi connectivity index (χ1v) is 7.21. The highest BCUT2D eigenvalue weighted by Crippen LogP contribution is 2.25. The number of hydrogen-bond acceptors (Lipinski definition) is 4. The molecule has 1 aromatic carbocycles. The summed E-state index contributed by atoms with van der Waals surface area (Å²) in [4.78, 5) is 6.51. The van der Waals surface area contributed by atoms with E-state index in [-0.39, 0.29) is 5.84 Å². The van der Waals surface area contributed by atoms with Crippen molar-refractivity contribution in [2.24, 2.45) is 10.9 Å². The van der Waals surface area contributed by atoms with Gasteiger partial charge in [0.1, 0.15) is 0 Å². The topological polar surface area (TPSA) is 74.7 Å². The van der Waals surface area contributed by atoms with E-state index in [0.717, 1.165) is 21.5 Å². The first kappa shape index (κ1) is 15.3. The summed E-state index contributed by atoms with van der Waals surface area (Å²) in [5.41, 5.74) is 9.22. The first-order chi connectivity index (χ1) is 10.0. The lowest BCUT2D eigenvalue weighted by atomic mass is 10.1. The Hall–Kier alpha value is -2.08. The molecule has 0 saturated heterocycles. The van der Waals surface area contributed by atoms with Crippen LogP contribution in [0.1, 0.15) is 17.0 Å². The van der Waals surface area contributed by atoms with E-state index in [4.69, 9.17) is 10.9 Å². The number of amidine groups is 1. The number of nitrogens with zero attached hydrogens (tertiary/aromatic N) is 3. The summed E-state index contributed by atoms with van der Waals surface area (Å²) in [6.45, 7) is 2.59. The minimum absolute atomic E-state index is 0.0848. The Morgan fingerprint density at radius 2 is 2.14 bits per heavy atom. The minimum atomic E-state index is 0.0848. The van der Waals surface area contributed by atoms with Crippen LogP contribution in [-0.2, 0) is 6.54 Å². The number of pyridine rings is 1. The quantitative estimate of drug-likeness (QED) is 0.385. The monoisotopic (exact) mass is 348 g/mol. The molecule has 0 saturated carbocycles. The van der Waals surface area contributed by atoms with Gasteiger partial charge in [0, 0.05) is 28.5 Å². The van der Waals surface area contributed by atoms with Gasteiger partial charge in [0.25, 0.3) is 0 Å². The second-order valence-electron chi connectivity index (χ2n) is 4.77. The van der Waals surface area contributed by atoms with E-state index in [1.165, 1.54) is 0 Å². The number of oxime groups is 1. The molecule has 21 heavy (non-hydrogen) atoms. The maximum Gasteiger partial charge on any atom is 0.172 e. The highest BCUT2D eigenvalue weighted by Gasteiger charge is 2.12. The third-order valence-corrected chi connectivity index (χ3v) is 3.59. The van der Waals surface area contributed by atoms with Crippen LogP contribution < -0.4 is 10.6 Å². The van der Waals surface area contributed by atoms with E-state index in [1.54, 1.807) is 0 Å². The van der Waals surface area contributed by atoms with Gasteiger partial charge in [0.15, 0.2) is 5.84 Å². The molecule has 5 nitrogen and oxygen atoms in total. The van der Waals surface area contributed by atoms with E-state index in [1.807, 2.05) is 55.3 Å². The standard InChI is InChI=1S/C15H17BrN4O/c1-10-4-3-5-12(18-10)9-20(2)14-8-11(16)6-7-13(14)15(17)19-21/h3-8,21H,9H2,1-2H3,(H2,17,19). The number of rotatable bonds is 4. The second kappa shape index (κ2) is 6.58. The van der Waals surface area contributed by atoms with Crippen molar-refractivity contribution in [1.82, 2.24) is 4.98 Å². The Morgan fingerprint density at radius 1 is 1.38 bits per heavy atom. The van der Waals surface area contributed by atoms with Crippen LogP contribution >= 0.6 is 15.9 Å². The van der Waals surface area contributed by atoms with Crippen molar-refractivity contribution >= 4 is 27.5 Å². The van der Waals surface area contributed by atoms with Crippen LogP contribution in [-0.4, -0.2) is 23.1 Å². The number of benzene rings is 1. The van der Waals surface area contributed by atoms with Crippen molar-refractivity contribution < 1.29 is 5.21 Å². The molecule has 0 radical (unpaired) electrons. The Labute approximate surface area is 132 Å². The molecular formula is C15H17BrN4O. The predicted octanol–water partition coefficient (Wildman–Crippen LogP) is 2.88. The van der Waals surface area contributed by atoms with Crippen LogP contribution in [0.4, 0.5) is 5.69 Å². The maximum atomic E-state index is 8.91. The Kier molecular flexibility index (Phi) is 4.80. The molecule has 0 bridgehead atoms. The van der Waals surface area contributed by atoms with Gasteiger partial charge in [-0.15, -0.1) is 0 Å². The van der Waals surface area contributed by atoms with Gasteiger partial charge < -0.3 is 15.8 Å². The third kappa shape index (κ3) is 3.72. The minimum Gasteiger partial charge on any atom is -0.409 e. The first-order valence-electron chi connectivity index (χ1n) is 6.42. The molecule has 0 aliphatic heterocycles. The van der Waals surface area contributed by atoms with Crippen molar-refractivity contribution in [2.75, 3.05) is 11.9 Å². The fraction of sp³-hybridized carbons (Fsp3) is 0.200. The van der Waals surface area contributed by atoms with Crippen molar-refractivity contribution in [3.8, 4) is 0 Å². The Morgan fingerprint density at radius 3 is 2.81 bits per heavy atom. The van der Waals surface area contributed by atoms with Gasteiger partial charge >= 0.3 is 0 Å². The molecule has 0 aliphatic rings. The van der Waals surface area contributed by atoms with Gasteiger partial charge in [-0.05, 0) is 37.3 Å². The molecule has 1 aromatic heterocycles. The molecule has 110 valence electrons. The molecule has 0 aliphatic carbocycles. The summed E-state index contributed by atoms with van der Waals surface area (Å²) < 4.78 is 0.927. The third-order valence-electron chi connectivity index (χ3n) is 3.10. The smallest absolute Gasteiger partial charge is 0.172 e. The predicted molar refractivity (Wildman–Crippen MR) is 87.7 cm³/mol. The van der Waals surface area contributed by atoms with Crippen LogP contribution in [0.3, 0.4) is 0 Å². The molecule has 3 N–H and O–H groups in total. The molecule has 0 amide bonds. The summed E-state index contributed by atoms with van der Waals surface area (Å²) in [5.74, 6) is 0.0848. The molecule has 2 aromatic rings.